The second-order valence-electron chi connectivity index (χ2n) is 9.78. The maximum Gasteiger partial charge on any atom is 0.179 e. The lowest BCUT2D eigenvalue weighted by atomic mass is 10.1. The first-order valence-corrected chi connectivity index (χ1v) is 14.7. The van der Waals surface area contributed by atoms with Gasteiger partial charge in [-0.2, -0.15) is 0 Å². The summed E-state index contributed by atoms with van der Waals surface area (Å²) >= 11 is 0. The molecule has 0 bridgehead atoms. The lowest BCUT2D eigenvalue weighted by Gasteiger charge is -2.24. The summed E-state index contributed by atoms with van der Waals surface area (Å²) < 4.78 is 51.2. The van der Waals surface area contributed by atoms with Crippen LogP contribution in [0.25, 0.3) is 6.08 Å². The summed E-state index contributed by atoms with van der Waals surface area (Å²) in [6, 6.07) is 27.0. The van der Waals surface area contributed by atoms with Gasteiger partial charge in [-0.3, -0.25) is 0 Å². The van der Waals surface area contributed by atoms with Crippen LogP contribution in [0.15, 0.2) is 96.4 Å². The number of hydrogen-bond donors (Lipinski definition) is 0. The van der Waals surface area contributed by atoms with E-state index in [1.165, 1.54) is 0 Å². The molecule has 0 N–H and O–H groups in total. The van der Waals surface area contributed by atoms with Gasteiger partial charge in [0.2, 0.25) is 0 Å². The van der Waals surface area contributed by atoms with Gasteiger partial charge in [0.15, 0.2) is 9.84 Å². The molecule has 0 saturated carbocycles. The van der Waals surface area contributed by atoms with Crippen LogP contribution in [0.1, 0.15) is 29.5 Å². The fraction of sp³-hybridized carbons (Fsp3) is 0.355. The summed E-state index contributed by atoms with van der Waals surface area (Å²) in [7, 11) is -3.47. The van der Waals surface area contributed by atoms with E-state index >= 15 is 0 Å². The van der Waals surface area contributed by atoms with Gasteiger partial charge < -0.3 is 18.9 Å². The number of fused-ring (bicyclic) bond motifs is 1. The normalized spacial score (nSPS) is 24.8. The number of hydrogen-bond acceptors (Lipinski definition) is 6. The summed E-state index contributed by atoms with van der Waals surface area (Å²) in [6.07, 6.45) is 1.39. The Balaban J connectivity index is 1.21. The molecule has 6 nitrogen and oxygen atoms in total. The molecule has 0 spiro atoms. The van der Waals surface area contributed by atoms with Crippen LogP contribution in [-0.2, 0) is 42.0 Å². The van der Waals surface area contributed by atoms with E-state index in [1.807, 2.05) is 66.7 Å². The Hall–Kier alpha value is -2.81. The highest BCUT2D eigenvalue weighted by Crippen LogP contribution is 2.38. The van der Waals surface area contributed by atoms with E-state index < -0.39 is 9.84 Å². The van der Waals surface area contributed by atoms with Gasteiger partial charge in [-0.1, -0.05) is 91.5 Å². The van der Waals surface area contributed by atoms with E-state index in [0.29, 0.717) is 43.1 Å². The third-order valence-electron chi connectivity index (χ3n) is 7.11. The molecule has 5 atom stereocenters. The molecular weight excluding hydrogens is 500 g/mol. The van der Waals surface area contributed by atoms with Crippen molar-refractivity contribution >= 4 is 15.9 Å². The Labute approximate surface area is 225 Å². The average Bonchev–Trinajstić information content (AvgIpc) is 3.49. The van der Waals surface area contributed by atoms with Crippen LogP contribution in [0, 0.1) is 0 Å². The molecule has 2 fully saturated rings. The van der Waals surface area contributed by atoms with Gasteiger partial charge in [0.1, 0.15) is 18.3 Å². The Kier molecular flexibility index (Phi) is 8.72. The van der Waals surface area contributed by atoms with Crippen molar-refractivity contribution in [2.75, 3.05) is 12.4 Å². The number of sulfone groups is 1. The quantitative estimate of drug-likeness (QED) is 0.317. The van der Waals surface area contributed by atoms with E-state index in [0.717, 1.165) is 11.1 Å². The molecule has 2 saturated heterocycles. The number of ether oxygens (including phenoxy) is 4. The lowest BCUT2D eigenvalue weighted by molar-refractivity contribution is -0.101. The third kappa shape index (κ3) is 6.42. The first kappa shape index (κ1) is 26.8. The summed E-state index contributed by atoms with van der Waals surface area (Å²) in [6.45, 7) is 5.07. The summed E-state index contributed by atoms with van der Waals surface area (Å²) in [5, 5.41) is 0. The second-order valence-corrected chi connectivity index (χ2v) is 11.9. The zero-order chi connectivity index (χ0) is 26.4. The molecule has 0 aliphatic carbocycles. The zero-order valence-electron chi connectivity index (χ0n) is 21.4. The van der Waals surface area contributed by atoms with Crippen molar-refractivity contribution in [3.63, 3.8) is 0 Å². The molecule has 0 radical (unpaired) electrons. The Bertz CT molecular complexity index is 1290. The summed E-state index contributed by atoms with van der Waals surface area (Å²) in [5.41, 5.74) is 2.79. The molecule has 5 rings (SSSR count). The topological polar surface area (TPSA) is 71.1 Å². The van der Waals surface area contributed by atoms with Crippen LogP contribution >= 0.6 is 0 Å². The SMILES string of the molecule is C=Cc1ccccc1S(=O)(=O)CC[C@H]1C[C@@H]2O[C@H](COCc3ccccc3)[C@@H](OCc3ccccc3)[C@@H]2O1. The van der Waals surface area contributed by atoms with Crippen molar-refractivity contribution in [3.8, 4) is 0 Å². The molecule has 3 aromatic carbocycles. The predicted octanol–water partition coefficient (Wildman–Crippen LogP) is 5.22. The Morgan fingerprint density at radius 3 is 2.24 bits per heavy atom. The van der Waals surface area contributed by atoms with E-state index in [4.69, 9.17) is 18.9 Å². The van der Waals surface area contributed by atoms with Gasteiger partial charge in [0, 0.05) is 6.42 Å². The van der Waals surface area contributed by atoms with Gasteiger partial charge in [-0.25, -0.2) is 8.42 Å². The molecular formula is C31H34O6S. The van der Waals surface area contributed by atoms with E-state index in [2.05, 4.69) is 6.58 Å². The summed E-state index contributed by atoms with van der Waals surface area (Å²) in [4.78, 5) is 0.309. The molecule has 3 aromatic rings. The van der Waals surface area contributed by atoms with Crippen molar-refractivity contribution in [3.05, 3.63) is 108 Å². The van der Waals surface area contributed by atoms with Crippen molar-refractivity contribution in [2.24, 2.45) is 0 Å². The Morgan fingerprint density at radius 2 is 1.53 bits per heavy atom. The van der Waals surface area contributed by atoms with Gasteiger partial charge in [0.05, 0.1) is 42.7 Å². The molecule has 7 heteroatoms. The van der Waals surface area contributed by atoms with Crippen LogP contribution in [0.5, 0.6) is 0 Å². The van der Waals surface area contributed by atoms with Crippen LogP contribution < -0.4 is 0 Å². The smallest absolute Gasteiger partial charge is 0.179 e. The lowest BCUT2D eigenvalue weighted by Crippen LogP contribution is -2.37. The van der Waals surface area contributed by atoms with Crippen molar-refractivity contribution in [1.82, 2.24) is 0 Å². The first-order valence-electron chi connectivity index (χ1n) is 13.1. The molecule has 0 unspecified atom stereocenters. The highest BCUT2D eigenvalue weighted by molar-refractivity contribution is 7.91. The average molecular weight is 535 g/mol. The number of benzene rings is 3. The van der Waals surface area contributed by atoms with Crippen molar-refractivity contribution in [1.29, 1.82) is 0 Å². The summed E-state index contributed by atoms with van der Waals surface area (Å²) in [5.74, 6) is 0.00111. The monoisotopic (exact) mass is 534 g/mol. The Morgan fingerprint density at radius 1 is 0.868 bits per heavy atom. The van der Waals surface area contributed by atoms with Gasteiger partial charge in [0.25, 0.3) is 0 Å². The minimum Gasteiger partial charge on any atom is -0.374 e. The fourth-order valence-corrected chi connectivity index (χ4v) is 6.77. The molecule has 2 heterocycles. The van der Waals surface area contributed by atoms with E-state index in [1.54, 1.807) is 24.3 Å². The minimum absolute atomic E-state index is 0.00111. The molecule has 200 valence electrons. The number of rotatable bonds is 12. The van der Waals surface area contributed by atoms with Crippen LogP contribution in [0.4, 0.5) is 0 Å². The van der Waals surface area contributed by atoms with Gasteiger partial charge in [-0.15, -0.1) is 0 Å². The van der Waals surface area contributed by atoms with Crippen molar-refractivity contribution < 1.29 is 27.4 Å². The standard InChI is InChI=1S/C31H34O6S/c1-2-25-15-9-10-16-29(25)38(32,33)18-17-26-19-27-31(36-26)30(35-21-24-13-7-4-8-14-24)28(37-27)22-34-20-23-11-5-3-6-12-23/h2-16,26-28,30-31H,1,17-22H2/t26-,27-,28+,30+,31+/m0/s1. The molecule has 0 amide bonds. The van der Waals surface area contributed by atoms with Gasteiger partial charge >= 0.3 is 0 Å². The van der Waals surface area contributed by atoms with Crippen LogP contribution in [0.2, 0.25) is 0 Å². The maximum absolute atomic E-state index is 13.1. The molecule has 0 aromatic heterocycles. The van der Waals surface area contributed by atoms with Crippen LogP contribution in [0.3, 0.4) is 0 Å². The van der Waals surface area contributed by atoms with Gasteiger partial charge in [-0.05, 0) is 29.2 Å². The largest absolute Gasteiger partial charge is 0.374 e. The van der Waals surface area contributed by atoms with E-state index in [-0.39, 0.29) is 36.3 Å². The van der Waals surface area contributed by atoms with Crippen LogP contribution in [-0.4, -0.2) is 51.3 Å². The molecule has 38 heavy (non-hydrogen) atoms. The molecule has 2 aliphatic heterocycles. The highest BCUT2D eigenvalue weighted by atomic mass is 32.2. The highest BCUT2D eigenvalue weighted by Gasteiger charge is 2.51. The van der Waals surface area contributed by atoms with E-state index in [9.17, 15) is 8.42 Å². The first-order chi connectivity index (χ1) is 18.5. The van der Waals surface area contributed by atoms with Crippen molar-refractivity contribution in [2.45, 2.75) is 61.5 Å². The third-order valence-corrected chi connectivity index (χ3v) is 8.93. The second kappa shape index (κ2) is 12.4. The maximum atomic E-state index is 13.1. The predicted molar refractivity (Wildman–Crippen MR) is 146 cm³/mol. The molecule has 2 aliphatic rings. The zero-order valence-corrected chi connectivity index (χ0v) is 22.2. The minimum atomic E-state index is -3.47. The fourth-order valence-electron chi connectivity index (χ4n) is 5.18.